The predicted octanol–water partition coefficient (Wildman–Crippen LogP) is 4.15. The van der Waals surface area contributed by atoms with E-state index < -0.39 is 0 Å². The Morgan fingerprint density at radius 3 is 2.30 bits per heavy atom. The molecule has 104 valence electrons. The van der Waals surface area contributed by atoms with Gasteiger partial charge in [-0.2, -0.15) is 0 Å². The second-order valence-electron chi connectivity index (χ2n) is 4.92. The van der Waals surface area contributed by atoms with Gasteiger partial charge >= 0.3 is 0 Å². The Balaban J connectivity index is 1.83. The second-order valence-corrected chi connectivity index (χ2v) is 5.39. The highest BCUT2D eigenvalue weighted by Gasteiger charge is 2.07. The minimum Gasteiger partial charge on any atom is -0.288 e. The zero-order chi connectivity index (χ0) is 14.4. The van der Waals surface area contributed by atoms with Crippen LogP contribution in [0.3, 0.4) is 0 Å². The van der Waals surface area contributed by atoms with Crippen molar-refractivity contribution in [3.63, 3.8) is 0 Å². The molecule has 2 nitrogen and oxygen atoms in total. The van der Waals surface area contributed by atoms with E-state index in [4.69, 9.17) is 12.2 Å². The van der Waals surface area contributed by atoms with Gasteiger partial charge in [0.05, 0.1) is 6.54 Å². The lowest BCUT2D eigenvalue weighted by Gasteiger charge is -2.17. The van der Waals surface area contributed by atoms with E-state index in [-0.39, 0.29) is 0 Å². The normalized spacial score (nSPS) is 10.3. The first-order valence-electron chi connectivity index (χ1n) is 6.74. The molecule has 0 aliphatic carbocycles. The molecule has 0 fully saturated rings. The van der Waals surface area contributed by atoms with Gasteiger partial charge in [-0.1, -0.05) is 72.4 Å². The van der Waals surface area contributed by atoms with Crippen molar-refractivity contribution in [3.05, 3.63) is 71.3 Å². The van der Waals surface area contributed by atoms with Crippen LogP contribution in [0.2, 0.25) is 0 Å². The maximum atomic E-state index is 9.99. The Hall–Kier alpha value is -1.71. The topological polar surface area (TPSA) is 23.5 Å². The Kier molecular flexibility index (Phi) is 5.27. The molecule has 3 heteroatoms. The number of hydroxylamine groups is 2. The smallest absolute Gasteiger partial charge is 0.104 e. The van der Waals surface area contributed by atoms with Gasteiger partial charge in [0.15, 0.2) is 0 Å². The summed E-state index contributed by atoms with van der Waals surface area (Å²) in [5, 5.41) is 11.2. The second kappa shape index (κ2) is 7.17. The van der Waals surface area contributed by atoms with Crippen LogP contribution in [0.1, 0.15) is 23.1 Å². The van der Waals surface area contributed by atoms with Gasteiger partial charge in [0.1, 0.15) is 4.99 Å². The standard InChI is InChI=1S/C17H19NOS/c1-14-7-9-15(10-8-14)11-12-17(20)18(19)13-16-5-3-2-4-6-16/h2-10,19H,11-13H2,1H3. The average Bonchev–Trinajstić information content (AvgIpc) is 2.47. The van der Waals surface area contributed by atoms with Gasteiger partial charge in [-0.05, 0) is 24.5 Å². The molecule has 2 aromatic rings. The van der Waals surface area contributed by atoms with Crippen LogP contribution < -0.4 is 0 Å². The first-order chi connectivity index (χ1) is 9.65. The fourth-order valence-electron chi connectivity index (χ4n) is 1.98. The highest BCUT2D eigenvalue weighted by atomic mass is 32.1. The number of aryl methyl sites for hydroxylation is 2. The molecule has 0 aliphatic heterocycles. The molecule has 1 N–H and O–H groups in total. The fraction of sp³-hybridized carbons (Fsp3) is 0.235. The number of thiocarbonyl (C=S) groups is 1. The van der Waals surface area contributed by atoms with Crippen LogP contribution >= 0.6 is 12.2 Å². The first-order valence-corrected chi connectivity index (χ1v) is 7.14. The maximum absolute atomic E-state index is 9.99. The molecule has 0 spiro atoms. The van der Waals surface area contributed by atoms with Gasteiger partial charge in [0.2, 0.25) is 0 Å². The van der Waals surface area contributed by atoms with Gasteiger partial charge in [0.25, 0.3) is 0 Å². The van der Waals surface area contributed by atoms with E-state index in [0.29, 0.717) is 18.0 Å². The van der Waals surface area contributed by atoms with E-state index in [1.54, 1.807) is 0 Å². The van der Waals surface area contributed by atoms with Crippen molar-refractivity contribution in [1.29, 1.82) is 0 Å². The van der Waals surface area contributed by atoms with Gasteiger partial charge in [0, 0.05) is 6.42 Å². The molecule has 2 rings (SSSR count). The Morgan fingerprint density at radius 1 is 1.00 bits per heavy atom. The summed E-state index contributed by atoms with van der Waals surface area (Å²) in [5.41, 5.74) is 3.54. The third-order valence-electron chi connectivity index (χ3n) is 3.21. The van der Waals surface area contributed by atoms with E-state index in [0.717, 1.165) is 12.0 Å². The van der Waals surface area contributed by atoms with Crippen molar-refractivity contribution in [2.75, 3.05) is 0 Å². The Morgan fingerprint density at radius 2 is 1.65 bits per heavy atom. The number of rotatable bonds is 5. The molecule has 0 saturated carbocycles. The SMILES string of the molecule is Cc1ccc(CCC(=S)N(O)Cc2ccccc2)cc1. The summed E-state index contributed by atoms with van der Waals surface area (Å²) >= 11 is 5.28. The van der Waals surface area contributed by atoms with E-state index in [1.807, 2.05) is 30.3 Å². The van der Waals surface area contributed by atoms with Gasteiger partial charge in [-0.25, -0.2) is 5.06 Å². The van der Waals surface area contributed by atoms with Crippen LogP contribution in [0, 0.1) is 6.92 Å². The van der Waals surface area contributed by atoms with Gasteiger partial charge < -0.3 is 0 Å². The summed E-state index contributed by atoms with van der Waals surface area (Å²) < 4.78 is 0. The third-order valence-corrected chi connectivity index (χ3v) is 3.63. The van der Waals surface area contributed by atoms with E-state index in [1.165, 1.54) is 16.2 Å². The summed E-state index contributed by atoms with van der Waals surface area (Å²) in [6.07, 6.45) is 1.53. The minimum absolute atomic E-state index is 0.438. The summed E-state index contributed by atoms with van der Waals surface area (Å²) in [5.74, 6) is 0. The Labute approximate surface area is 125 Å². The molecular weight excluding hydrogens is 266 g/mol. The lowest BCUT2D eigenvalue weighted by Crippen LogP contribution is -2.25. The van der Waals surface area contributed by atoms with Crippen molar-refractivity contribution >= 4 is 17.2 Å². The molecular formula is C17H19NOS. The number of nitrogens with zero attached hydrogens (tertiary/aromatic N) is 1. The zero-order valence-corrected chi connectivity index (χ0v) is 12.4. The summed E-state index contributed by atoms with van der Waals surface area (Å²) in [7, 11) is 0. The molecule has 20 heavy (non-hydrogen) atoms. The highest BCUT2D eigenvalue weighted by molar-refractivity contribution is 7.80. The van der Waals surface area contributed by atoms with Crippen molar-refractivity contribution in [3.8, 4) is 0 Å². The van der Waals surface area contributed by atoms with E-state index in [9.17, 15) is 5.21 Å². The van der Waals surface area contributed by atoms with Crippen LogP contribution in [-0.4, -0.2) is 15.3 Å². The predicted molar refractivity (Wildman–Crippen MR) is 85.9 cm³/mol. The Bertz CT molecular complexity index is 551. The van der Waals surface area contributed by atoms with Gasteiger partial charge in [-0.15, -0.1) is 0 Å². The molecule has 0 saturated heterocycles. The van der Waals surface area contributed by atoms with E-state index >= 15 is 0 Å². The van der Waals surface area contributed by atoms with Crippen molar-refractivity contribution in [2.24, 2.45) is 0 Å². The number of benzene rings is 2. The molecule has 0 aliphatic rings. The third kappa shape index (κ3) is 4.44. The lowest BCUT2D eigenvalue weighted by molar-refractivity contribution is -0.0219. The average molecular weight is 285 g/mol. The van der Waals surface area contributed by atoms with Gasteiger partial charge in [-0.3, -0.25) is 5.21 Å². The molecule has 2 aromatic carbocycles. The molecule has 0 aromatic heterocycles. The summed E-state index contributed by atoms with van der Waals surface area (Å²) in [6, 6.07) is 18.2. The molecule has 0 heterocycles. The van der Waals surface area contributed by atoms with Crippen LogP contribution in [0.4, 0.5) is 0 Å². The zero-order valence-electron chi connectivity index (χ0n) is 11.6. The quantitative estimate of drug-likeness (QED) is 0.659. The van der Waals surface area contributed by atoms with E-state index in [2.05, 4.69) is 31.2 Å². The van der Waals surface area contributed by atoms with Crippen molar-refractivity contribution in [1.82, 2.24) is 5.06 Å². The number of hydrogen-bond donors (Lipinski definition) is 1. The molecule has 0 bridgehead atoms. The molecule has 0 unspecified atom stereocenters. The summed E-state index contributed by atoms with van der Waals surface area (Å²) in [6.45, 7) is 2.51. The fourth-order valence-corrected chi connectivity index (χ4v) is 2.15. The summed E-state index contributed by atoms with van der Waals surface area (Å²) in [4.78, 5) is 0.578. The lowest BCUT2D eigenvalue weighted by atomic mass is 10.1. The first kappa shape index (κ1) is 14.7. The molecule has 0 amide bonds. The van der Waals surface area contributed by atoms with Crippen LogP contribution in [0.5, 0.6) is 0 Å². The van der Waals surface area contributed by atoms with Crippen LogP contribution in [0.15, 0.2) is 54.6 Å². The molecule has 0 radical (unpaired) electrons. The van der Waals surface area contributed by atoms with Crippen molar-refractivity contribution in [2.45, 2.75) is 26.3 Å². The highest BCUT2D eigenvalue weighted by Crippen LogP contribution is 2.09. The largest absolute Gasteiger partial charge is 0.288 e. The maximum Gasteiger partial charge on any atom is 0.104 e. The van der Waals surface area contributed by atoms with Crippen LogP contribution in [-0.2, 0) is 13.0 Å². The van der Waals surface area contributed by atoms with Crippen LogP contribution in [0.25, 0.3) is 0 Å². The monoisotopic (exact) mass is 285 g/mol. The minimum atomic E-state index is 0.438. The number of hydrogen-bond acceptors (Lipinski definition) is 2. The molecule has 0 atom stereocenters. The van der Waals surface area contributed by atoms with Crippen molar-refractivity contribution < 1.29 is 5.21 Å².